The Hall–Kier alpha value is -2.82. The number of aryl methyl sites for hydroxylation is 2. The van der Waals surface area contributed by atoms with Crippen LogP contribution in [0, 0.1) is 13.8 Å². The van der Waals surface area contributed by atoms with Gasteiger partial charge in [-0.1, -0.05) is 11.6 Å². The average molecular weight is 281 g/mol. The lowest BCUT2D eigenvalue weighted by Crippen LogP contribution is -2.12. The van der Waals surface area contributed by atoms with E-state index in [1.54, 1.807) is 12.1 Å². The molecule has 2 aromatic heterocycles. The van der Waals surface area contributed by atoms with Crippen LogP contribution < -0.4 is 11.1 Å². The minimum absolute atomic E-state index is 0.256. The molecule has 3 rings (SSSR count). The third-order valence-electron chi connectivity index (χ3n) is 3.29. The maximum absolute atomic E-state index is 12.2. The Bertz CT molecular complexity index is 837. The first kappa shape index (κ1) is 13.2. The third kappa shape index (κ3) is 2.58. The van der Waals surface area contributed by atoms with Crippen LogP contribution in [-0.4, -0.2) is 10.9 Å². The van der Waals surface area contributed by atoms with Crippen LogP contribution in [0.15, 0.2) is 40.9 Å². The van der Waals surface area contributed by atoms with E-state index in [0.717, 1.165) is 16.5 Å². The molecule has 2 heterocycles. The van der Waals surface area contributed by atoms with Crippen LogP contribution in [0.4, 0.5) is 11.5 Å². The van der Waals surface area contributed by atoms with Crippen molar-refractivity contribution in [1.29, 1.82) is 0 Å². The summed E-state index contributed by atoms with van der Waals surface area (Å²) >= 11 is 0. The van der Waals surface area contributed by atoms with Crippen LogP contribution in [0.5, 0.6) is 0 Å². The number of amides is 1. The lowest BCUT2D eigenvalue weighted by Gasteiger charge is -2.04. The fourth-order valence-electron chi connectivity index (χ4n) is 2.09. The van der Waals surface area contributed by atoms with Crippen molar-refractivity contribution in [1.82, 2.24) is 4.98 Å². The summed E-state index contributed by atoms with van der Waals surface area (Å²) in [5, 5.41) is 3.61. The third-order valence-corrected chi connectivity index (χ3v) is 3.29. The minimum atomic E-state index is -0.333. The molecule has 3 aromatic rings. The molecule has 3 N–H and O–H groups in total. The van der Waals surface area contributed by atoms with E-state index in [-0.39, 0.29) is 11.7 Å². The molecule has 5 heteroatoms. The van der Waals surface area contributed by atoms with Gasteiger partial charge in [0.05, 0.1) is 11.9 Å². The van der Waals surface area contributed by atoms with Gasteiger partial charge >= 0.3 is 0 Å². The van der Waals surface area contributed by atoms with Gasteiger partial charge in [0.15, 0.2) is 5.76 Å². The molecular weight excluding hydrogens is 266 g/mol. The molecule has 0 unspecified atom stereocenters. The van der Waals surface area contributed by atoms with E-state index in [2.05, 4.69) is 10.3 Å². The summed E-state index contributed by atoms with van der Waals surface area (Å²) in [6, 6.07) is 9.22. The molecule has 0 spiro atoms. The summed E-state index contributed by atoms with van der Waals surface area (Å²) in [6.07, 6.45) is 1.52. The maximum Gasteiger partial charge on any atom is 0.292 e. The van der Waals surface area contributed by atoms with Crippen molar-refractivity contribution < 1.29 is 9.21 Å². The number of nitrogens with two attached hydrogens (primary N) is 1. The van der Waals surface area contributed by atoms with Crippen molar-refractivity contribution in [2.24, 2.45) is 0 Å². The first-order valence-corrected chi connectivity index (χ1v) is 6.56. The smallest absolute Gasteiger partial charge is 0.292 e. The van der Waals surface area contributed by atoms with E-state index in [1.807, 2.05) is 32.0 Å². The second kappa shape index (κ2) is 4.94. The molecule has 0 aliphatic heterocycles. The largest absolute Gasteiger partial charge is 0.451 e. The summed E-state index contributed by atoms with van der Waals surface area (Å²) in [5.41, 5.74) is 8.96. The zero-order chi connectivity index (χ0) is 15.0. The van der Waals surface area contributed by atoms with Crippen LogP contribution in [-0.2, 0) is 0 Å². The second-order valence-corrected chi connectivity index (χ2v) is 5.03. The number of furan rings is 1. The Balaban J connectivity index is 1.87. The van der Waals surface area contributed by atoms with Gasteiger partial charge in [0.1, 0.15) is 11.4 Å². The first-order chi connectivity index (χ1) is 10.0. The van der Waals surface area contributed by atoms with Gasteiger partial charge in [0.25, 0.3) is 5.91 Å². The number of nitrogen functional groups attached to an aromatic ring is 1. The number of benzene rings is 1. The maximum atomic E-state index is 12.2. The van der Waals surface area contributed by atoms with Crippen LogP contribution >= 0.6 is 0 Å². The van der Waals surface area contributed by atoms with Crippen LogP contribution in [0.2, 0.25) is 0 Å². The highest BCUT2D eigenvalue weighted by molar-refractivity contribution is 6.04. The van der Waals surface area contributed by atoms with Gasteiger partial charge in [0, 0.05) is 5.39 Å². The topological polar surface area (TPSA) is 81.2 Å². The number of carbonyl (C=O) groups excluding carboxylic acids is 1. The molecule has 5 nitrogen and oxygen atoms in total. The van der Waals surface area contributed by atoms with E-state index < -0.39 is 0 Å². The molecule has 0 radical (unpaired) electrons. The predicted octanol–water partition coefficient (Wildman–Crippen LogP) is 3.28. The van der Waals surface area contributed by atoms with Gasteiger partial charge in [-0.05, 0) is 43.7 Å². The van der Waals surface area contributed by atoms with Gasteiger partial charge in [-0.25, -0.2) is 4.98 Å². The van der Waals surface area contributed by atoms with E-state index >= 15 is 0 Å². The molecule has 106 valence electrons. The Morgan fingerprint density at radius 1 is 1.24 bits per heavy atom. The molecule has 1 amide bonds. The Kier molecular flexibility index (Phi) is 3.10. The van der Waals surface area contributed by atoms with Gasteiger partial charge in [0.2, 0.25) is 0 Å². The van der Waals surface area contributed by atoms with Crippen molar-refractivity contribution >= 4 is 28.4 Å². The van der Waals surface area contributed by atoms with Crippen LogP contribution in [0.3, 0.4) is 0 Å². The van der Waals surface area contributed by atoms with Gasteiger partial charge in [-0.3, -0.25) is 4.79 Å². The number of rotatable bonds is 2. The van der Waals surface area contributed by atoms with E-state index in [1.165, 1.54) is 6.20 Å². The van der Waals surface area contributed by atoms with E-state index in [0.29, 0.717) is 17.1 Å². The molecule has 0 atom stereocenters. The van der Waals surface area contributed by atoms with Gasteiger partial charge < -0.3 is 15.5 Å². The van der Waals surface area contributed by atoms with E-state index in [9.17, 15) is 4.79 Å². The average Bonchev–Trinajstić information content (AvgIpc) is 2.86. The number of carbonyl (C=O) groups is 1. The summed E-state index contributed by atoms with van der Waals surface area (Å²) < 4.78 is 5.55. The number of aromatic nitrogens is 1. The quantitative estimate of drug-likeness (QED) is 0.755. The molecule has 0 bridgehead atoms. The summed E-state index contributed by atoms with van der Waals surface area (Å²) in [6.45, 7) is 3.85. The molecule has 0 aliphatic rings. The Morgan fingerprint density at radius 3 is 2.81 bits per heavy atom. The van der Waals surface area contributed by atoms with Crippen LogP contribution in [0.25, 0.3) is 11.0 Å². The van der Waals surface area contributed by atoms with Gasteiger partial charge in [-0.15, -0.1) is 0 Å². The fourth-order valence-corrected chi connectivity index (χ4v) is 2.09. The van der Waals surface area contributed by atoms with Crippen molar-refractivity contribution in [3.8, 4) is 0 Å². The standard InChI is InChI=1S/C16H15N3O2/c1-9-3-4-13-11(5-9)7-14(21-13)16(20)19-15-6-10(2)12(17)8-18-15/h3-8H,17H2,1-2H3,(H,18,19,20). The fraction of sp³-hybridized carbons (Fsp3) is 0.125. The predicted molar refractivity (Wildman–Crippen MR) is 82.3 cm³/mol. The number of fused-ring (bicyclic) bond motifs is 1. The number of nitrogens with one attached hydrogen (secondary N) is 1. The van der Waals surface area contributed by atoms with Crippen molar-refractivity contribution in [2.75, 3.05) is 11.1 Å². The monoisotopic (exact) mass is 281 g/mol. The highest BCUT2D eigenvalue weighted by Gasteiger charge is 2.13. The molecule has 0 aliphatic carbocycles. The van der Waals surface area contributed by atoms with Crippen molar-refractivity contribution in [3.05, 3.63) is 53.4 Å². The lowest BCUT2D eigenvalue weighted by molar-refractivity contribution is 0.0998. The SMILES string of the molecule is Cc1ccc2oc(C(=O)Nc3cc(C)c(N)cn3)cc2c1. The minimum Gasteiger partial charge on any atom is -0.451 e. The first-order valence-electron chi connectivity index (χ1n) is 6.56. The molecule has 0 saturated carbocycles. The molecular formula is C16H15N3O2. The molecule has 0 saturated heterocycles. The number of hydrogen-bond acceptors (Lipinski definition) is 4. The zero-order valence-corrected chi connectivity index (χ0v) is 11.8. The summed E-state index contributed by atoms with van der Waals surface area (Å²) in [5.74, 6) is 0.371. The lowest BCUT2D eigenvalue weighted by atomic mass is 10.2. The number of nitrogens with zero attached hydrogens (tertiary/aromatic N) is 1. The number of anilines is 2. The summed E-state index contributed by atoms with van der Waals surface area (Å²) in [7, 11) is 0. The molecule has 1 aromatic carbocycles. The molecule has 0 fully saturated rings. The molecule has 21 heavy (non-hydrogen) atoms. The summed E-state index contributed by atoms with van der Waals surface area (Å²) in [4.78, 5) is 16.3. The van der Waals surface area contributed by atoms with E-state index in [4.69, 9.17) is 10.2 Å². The van der Waals surface area contributed by atoms with Crippen molar-refractivity contribution in [3.63, 3.8) is 0 Å². The Morgan fingerprint density at radius 2 is 2.05 bits per heavy atom. The highest BCUT2D eigenvalue weighted by atomic mass is 16.3. The van der Waals surface area contributed by atoms with Crippen LogP contribution in [0.1, 0.15) is 21.7 Å². The normalized spacial score (nSPS) is 10.8. The van der Waals surface area contributed by atoms with Gasteiger partial charge in [-0.2, -0.15) is 0 Å². The number of hydrogen-bond donors (Lipinski definition) is 2. The Labute approximate surface area is 121 Å². The highest BCUT2D eigenvalue weighted by Crippen LogP contribution is 2.21. The van der Waals surface area contributed by atoms with Crippen molar-refractivity contribution in [2.45, 2.75) is 13.8 Å². The number of pyridine rings is 1. The zero-order valence-electron chi connectivity index (χ0n) is 11.8. The second-order valence-electron chi connectivity index (χ2n) is 5.03.